The quantitative estimate of drug-likeness (QED) is 0.525. The van der Waals surface area contributed by atoms with Gasteiger partial charge < -0.3 is 4.90 Å². The third kappa shape index (κ3) is 4.86. The van der Waals surface area contributed by atoms with E-state index < -0.39 is 0 Å². The summed E-state index contributed by atoms with van der Waals surface area (Å²) in [4.78, 5) is 24.5. The Morgan fingerprint density at radius 3 is 2.59 bits per heavy atom. The number of hydrogen-bond donors (Lipinski definition) is 0. The van der Waals surface area contributed by atoms with Crippen LogP contribution in [0.4, 0.5) is 0 Å². The lowest BCUT2D eigenvalue weighted by Gasteiger charge is -2.22. The monoisotopic (exact) mass is 419 g/mol. The number of pyridine rings is 1. The summed E-state index contributed by atoms with van der Waals surface area (Å²) in [5.41, 5.74) is 2.50. The van der Waals surface area contributed by atoms with Crippen LogP contribution < -0.4 is 0 Å². The van der Waals surface area contributed by atoms with Crippen LogP contribution in [0.25, 0.3) is 0 Å². The second kappa shape index (κ2) is 8.83. The molecule has 0 aliphatic heterocycles. The van der Waals surface area contributed by atoms with E-state index in [-0.39, 0.29) is 5.91 Å². The van der Waals surface area contributed by atoms with Gasteiger partial charge in [-0.2, -0.15) is 0 Å². The first-order chi connectivity index (χ1) is 13.0. The molecule has 3 rings (SSSR count). The number of benzene rings is 1. The number of aryl methyl sites for hydroxylation is 2. The van der Waals surface area contributed by atoms with Crippen LogP contribution in [0.3, 0.4) is 0 Å². The molecule has 0 saturated carbocycles. The van der Waals surface area contributed by atoms with E-state index in [9.17, 15) is 4.79 Å². The van der Waals surface area contributed by atoms with E-state index in [1.807, 2.05) is 38.1 Å². The van der Waals surface area contributed by atoms with Gasteiger partial charge in [0.1, 0.15) is 4.88 Å². The summed E-state index contributed by atoms with van der Waals surface area (Å²) in [7, 11) is 0. The Balaban J connectivity index is 1.91. The highest BCUT2D eigenvalue weighted by molar-refractivity contribution is 7.13. The number of thiazole rings is 1. The van der Waals surface area contributed by atoms with Gasteiger partial charge in [-0.3, -0.25) is 9.78 Å². The molecule has 0 fully saturated rings. The topological polar surface area (TPSA) is 46.1 Å². The minimum absolute atomic E-state index is 0.0542. The molecular formula is C20H19Cl2N3OS. The molecule has 2 aromatic heterocycles. The molecule has 1 amide bonds. The fraction of sp³-hybridized carbons (Fsp3) is 0.250. The van der Waals surface area contributed by atoms with Gasteiger partial charge in [0.05, 0.1) is 33.0 Å². The van der Waals surface area contributed by atoms with E-state index in [1.165, 1.54) is 11.3 Å². The average molecular weight is 420 g/mol. The molecule has 0 radical (unpaired) electrons. The van der Waals surface area contributed by atoms with Crippen molar-refractivity contribution in [2.75, 3.05) is 0 Å². The number of amides is 1. The van der Waals surface area contributed by atoms with Crippen LogP contribution in [0.1, 0.15) is 38.6 Å². The fourth-order valence-electron chi connectivity index (χ4n) is 2.69. The van der Waals surface area contributed by atoms with Gasteiger partial charge in [0.25, 0.3) is 5.91 Å². The largest absolute Gasteiger partial charge is 0.328 e. The Bertz CT molecular complexity index is 944. The van der Waals surface area contributed by atoms with Gasteiger partial charge in [0, 0.05) is 12.7 Å². The molecule has 0 aliphatic carbocycles. The molecule has 0 aliphatic rings. The third-order valence-electron chi connectivity index (χ3n) is 4.06. The Morgan fingerprint density at radius 2 is 1.96 bits per heavy atom. The molecule has 2 heterocycles. The standard InChI is InChI=1S/C20H19Cl2N3OS/c1-3-18-24-13(2)19(27-18)20(26)25(12-15-6-4-5-9-23-15)11-14-7-8-16(21)17(22)10-14/h4-10H,3,11-12H2,1-2H3. The summed E-state index contributed by atoms with van der Waals surface area (Å²) in [6, 6.07) is 11.1. The van der Waals surface area contributed by atoms with Crippen LogP contribution in [0.5, 0.6) is 0 Å². The van der Waals surface area contributed by atoms with Gasteiger partial charge in [-0.15, -0.1) is 11.3 Å². The minimum atomic E-state index is -0.0542. The fourth-order valence-corrected chi connectivity index (χ4v) is 3.98. The van der Waals surface area contributed by atoms with Crippen molar-refractivity contribution in [3.05, 3.63) is 79.5 Å². The first-order valence-corrected chi connectivity index (χ1v) is 10.1. The lowest BCUT2D eigenvalue weighted by molar-refractivity contribution is 0.0732. The first kappa shape index (κ1) is 19.8. The van der Waals surface area contributed by atoms with Crippen LogP contribution in [0, 0.1) is 6.92 Å². The maximum absolute atomic E-state index is 13.3. The molecule has 0 bridgehead atoms. The molecular weight excluding hydrogens is 401 g/mol. The Kier molecular flexibility index (Phi) is 6.47. The lowest BCUT2D eigenvalue weighted by Crippen LogP contribution is -2.30. The van der Waals surface area contributed by atoms with Crippen molar-refractivity contribution in [1.29, 1.82) is 0 Å². The van der Waals surface area contributed by atoms with E-state index in [0.717, 1.165) is 28.4 Å². The van der Waals surface area contributed by atoms with Gasteiger partial charge in [-0.25, -0.2) is 4.98 Å². The summed E-state index contributed by atoms with van der Waals surface area (Å²) in [5, 5.41) is 1.93. The molecule has 0 unspecified atom stereocenters. The predicted molar refractivity (Wildman–Crippen MR) is 111 cm³/mol. The zero-order valence-electron chi connectivity index (χ0n) is 15.1. The van der Waals surface area contributed by atoms with Crippen molar-refractivity contribution in [1.82, 2.24) is 14.9 Å². The number of carbonyl (C=O) groups excluding carboxylic acids is 1. The Hall–Kier alpha value is -1.95. The van der Waals surface area contributed by atoms with Crippen molar-refractivity contribution in [3.63, 3.8) is 0 Å². The van der Waals surface area contributed by atoms with E-state index in [4.69, 9.17) is 23.2 Å². The van der Waals surface area contributed by atoms with Gasteiger partial charge in [-0.1, -0.05) is 42.3 Å². The lowest BCUT2D eigenvalue weighted by atomic mass is 10.2. The summed E-state index contributed by atoms with van der Waals surface area (Å²) in [6.45, 7) is 4.72. The second-order valence-electron chi connectivity index (χ2n) is 6.11. The SMILES string of the molecule is CCc1nc(C)c(C(=O)N(Cc2ccc(Cl)c(Cl)c2)Cc2ccccn2)s1. The van der Waals surface area contributed by atoms with Crippen molar-refractivity contribution in [2.45, 2.75) is 33.4 Å². The van der Waals surface area contributed by atoms with Gasteiger partial charge >= 0.3 is 0 Å². The second-order valence-corrected chi connectivity index (χ2v) is 8.00. The highest BCUT2D eigenvalue weighted by Crippen LogP contribution is 2.26. The van der Waals surface area contributed by atoms with Gasteiger partial charge in [0.2, 0.25) is 0 Å². The molecule has 1 aromatic carbocycles. The van der Waals surface area contributed by atoms with Crippen molar-refractivity contribution >= 4 is 40.4 Å². The van der Waals surface area contributed by atoms with Crippen molar-refractivity contribution < 1.29 is 4.79 Å². The van der Waals surface area contributed by atoms with Crippen molar-refractivity contribution in [3.8, 4) is 0 Å². The highest BCUT2D eigenvalue weighted by atomic mass is 35.5. The molecule has 7 heteroatoms. The maximum atomic E-state index is 13.3. The summed E-state index contributed by atoms with van der Waals surface area (Å²) >= 11 is 13.6. The maximum Gasteiger partial charge on any atom is 0.266 e. The summed E-state index contributed by atoms with van der Waals surface area (Å²) in [6.07, 6.45) is 2.54. The van der Waals surface area contributed by atoms with Crippen LogP contribution in [-0.2, 0) is 19.5 Å². The molecule has 0 atom stereocenters. The van der Waals surface area contributed by atoms with E-state index >= 15 is 0 Å². The van der Waals surface area contributed by atoms with Crippen LogP contribution in [-0.4, -0.2) is 20.8 Å². The molecule has 27 heavy (non-hydrogen) atoms. The van der Waals surface area contributed by atoms with Crippen LogP contribution >= 0.6 is 34.5 Å². The first-order valence-electron chi connectivity index (χ1n) is 8.57. The third-order valence-corrected chi connectivity index (χ3v) is 6.09. The average Bonchev–Trinajstić information content (AvgIpc) is 3.05. The predicted octanol–water partition coefficient (Wildman–Crippen LogP) is 5.56. The van der Waals surface area contributed by atoms with Gasteiger partial charge in [-0.05, 0) is 43.2 Å². The normalized spacial score (nSPS) is 10.8. The van der Waals surface area contributed by atoms with Crippen molar-refractivity contribution in [2.24, 2.45) is 0 Å². The number of rotatable bonds is 6. The number of carbonyl (C=O) groups is 1. The Labute approximate surface area is 172 Å². The summed E-state index contributed by atoms with van der Waals surface area (Å²) in [5.74, 6) is -0.0542. The zero-order valence-corrected chi connectivity index (χ0v) is 17.4. The number of aromatic nitrogens is 2. The van der Waals surface area contributed by atoms with Crippen LogP contribution in [0.2, 0.25) is 10.0 Å². The van der Waals surface area contributed by atoms with Gasteiger partial charge in [0.15, 0.2) is 0 Å². The smallest absolute Gasteiger partial charge is 0.266 e. The minimum Gasteiger partial charge on any atom is -0.328 e. The molecule has 0 spiro atoms. The Morgan fingerprint density at radius 1 is 1.15 bits per heavy atom. The zero-order chi connectivity index (χ0) is 19.4. The van der Waals surface area contributed by atoms with Crippen LogP contribution in [0.15, 0.2) is 42.6 Å². The number of nitrogens with zero attached hydrogens (tertiary/aromatic N) is 3. The molecule has 0 N–H and O–H groups in total. The molecule has 140 valence electrons. The van der Waals surface area contributed by atoms with E-state index in [2.05, 4.69) is 9.97 Å². The number of hydrogen-bond acceptors (Lipinski definition) is 4. The number of halogens is 2. The highest BCUT2D eigenvalue weighted by Gasteiger charge is 2.22. The summed E-state index contributed by atoms with van der Waals surface area (Å²) < 4.78 is 0. The molecule has 3 aromatic rings. The molecule has 0 saturated heterocycles. The molecule has 4 nitrogen and oxygen atoms in total. The van der Waals surface area contributed by atoms with E-state index in [1.54, 1.807) is 23.2 Å². The van der Waals surface area contributed by atoms with E-state index in [0.29, 0.717) is 28.0 Å².